The van der Waals surface area contributed by atoms with Gasteiger partial charge < -0.3 is 14.9 Å². The number of nitrogens with zero attached hydrogens (tertiary/aromatic N) is 2. The van der Waals surface area contributed by atoms with Crippen LogP contribution in [0.15, 0.2) is 33.4 Å². The molecule has 7 heteroatoms. The molecule has 0 saturated heterocycles. The van der Waals surface area contributed by atoms with E-state index < -0.39 is 5.97 Å². The van der Waals surface area contributed by atoms with E-state index in [2.05, 4.69) is 26.4 Å². The lowest BCUT2D eigenvalue weighted by Crippen LogP contribution is -2.05. The van der Waals surface area contributed by atoms with Gasteiger partial charge in [-0.1, -0.05) is 21.1 Å². The SMILES string of the molecule is N#Cc1ccc(Br)cc1NCc1oncc1C(=O)O. The standard InChI is InChI=1S/C12H8BrN3O3/c13-8-2-1-7(4-14)10(3-8)15-6-11-9(12(17)18)5-16-19-11/h1-3,5,15H,6H2,(H,17,18). The first-order valence-electron chi connectivity index (χ1n) is 5.22. The Balaban J connectivity index is 2.19. The van der Waals surface area contributed by atoms with Gasteiger partial charge in [0.1, 0.15) is 11.6 Å². The highest BCUT2D eigenvalue weighted by Gasteiger charge is 2.15. The number of rotatable bonds is 4. The Labute approximate surface area is 116 Å². The number of aromatic nitrogens is 1. The molecule has 0 aliphatic rings. The minimum absolute atomic E-state index is 0.000930. The van der Waals surface area contributed by atoms with Crippen LogP contribution in [0.5, 0.6) is 0 Å². The number of carbonyl (C=O) groups is 1. The van der Waals surface area contributed by atoms with Crippen molar-refractivity contribution in [3.8, 4) is 6.07 Å². The van der Waals surface area contributed by atoms with Crippen molar-refractivity contribution in [1.29, 1.82) is 5.26 Å². The Hall–Kier alpha value is -2.33. The van der Waals surface area contributed by atoms with Gasteiger partial charge in [0.2, 0.25) is 0 Å². The molecule has 0 amide bonds. The lowest BCUT2D eigenvalue weighted by Gasteiger charge is -2.07. The van der Waals surface area contributed by atoms with Gasteiger partial charge in [0.25, 0.3) is 0 Å². The number of nitriles is 1. The number of benzene rings is 1. The fourth-order valence-electron chi connectivity index (χ4n) is 1.50. The van der Waals surface area contributed by atoms with Crippen LogP contribution in [0.4, 0.5) is 5.69 Å². The maximum absolute atomic E-state index is 10.9. The predicted octanol–water partition coefficient (Wildman–Crippen LogP) is 2.62. The highest BCUT2D eigenvalue weighted by molar-refractivity contribution is 9.10. The highest BCUT2D eigenvalue weighted by atomic mass is 79.9. The molecule has 0 radical (unpaired) electrons. The minimum atomic E-state index is -1.10. The summed E-state index contributed by atoms with van der Waals surface area (Å²) in [5.74, 6) is -0.899. The maximum Gasteiger partial charge on any atom is 0.341 e. The third kappa shape index (κ3) is 2.92. The molecule has 6 nitrogen and oxygen atoms in total. The zero-order valence-corrected chi connectivity index (χ0v) is 11.1. The smallest absolute Gasteiger partial charge is 0.341 e. The van der Waals surface area contributed by atoms with Crippen molar-refractivity contribution in [2.75, 3.05) is 5.32 Å². The van der Waals surface area contributed by atoms with E-state index in [9.17, 15) is 4.79 Å². The van der Waals surface area contributed by atoms with Crippen LogP contribution in [0.3, 0.4) is 0 Å². The third-order valence-electron chi connectivity index (χ3n) is 2.42. The molecule has 1 aromatic carbocycles. The molecule has 2 aromatic rings. The van der Waals surface area contributed by atoms with Crippen LogP contribution in [-0.4, -0.2) is 16.2 Å². The van der Waals surface area contributed by atoms with Crippen LogP contribution in [0.25, 0.3) is 0 Å². The van der Waals surface area contributed by atoms with Gasteiger partial charge in [-0.25, -0.2) is 4.79 Å². The van der Waals surface area contributed by atoms with Crippen molar-refractivity contribution in [2.24, 2.45) is 0 Å². The zero-order valence-electron chi connectivity index (χ0n) is 9.55. The van der Waals surface area contributed by atoms with Crippen molar-refractivity contribution in [2.45, 2.75) is 6.54 Å². The van der Waals surface area contributed by atoms with E-state index in [4.69, 9.17) is 14.9 Å². The van der Waals surface area contributed by atoms with Gasteiger partial charge >= 0.3 is 5.97 Å². The molecule has 0 atom stereocenters. The van der Waals surface area contributed by atoms with Gasteiger partial charge in [0, 0.05) is 4.47 Å². The summed E-state index contributed by atoms with van der Waals surface area (Å²) < 4.78 is 5.67. The summed E-state index contributed by atoms with van der Waals surface area (Å²) in [6.07, 6.45) is 1.14. The zero-order chi connectivity index (χ0) is 13.8. The molecule has 0 saturated carbocycles. The molecule has 2 rings (SSSR count). The largest absolute Gasteiger partial charge is 0.478 e. The second kappa shape index (κ2) is 5.54. The number of carboxylic acid groups (broad SMARTS) is 1. The van der Waals surface area contributed by atoms with Crippen molar-refractivity contribution in [1.82, 2.24) is 5.16 Å². The lowest BCUT2D eigenvalue weighted by atomic mass is 10.2. The van der Waals surface area contributed by atoms with Crippen LogP contribution >= 0.6 is 15.9 Å². The van der Waals surface area contributed by atoms with Gasteiger partial charge in [-0.15, -0.1) is 0 Å². The fourth-order valence-corrected chi connectivity index (χ4v) is 1.86. The molecule has 0 fully saturated rings. The molecule has 0 unspecified atom stereocenters. The van der Waals surface area contributed by atoms with Crippen molar-refractivity contribution in [3.63, 3.8) is 0 Å². The molecule has 1 heterocycles. The van der Waals surface area contributed by atoms with Gasteiger partial charge in [0.05, 0.1) is 24.0 Å². The summed E-state index contributed by atoms with van der Waals surface area (Å²) in [4.78, 5) is 10.9. The molecular weight excluding hydrogens is 314 g/mol. The Morgan fingerprint density at radius 3 is 3.05 bits per heavy atom. The number of anilines is 1. The molecule has 19 heavy (non-hydrogen) atoms. The molecule has 96 valence electrons. The minimum Gasteiger partial charge on any atom is -0.478 e. The third-order valence-corrected chi connectivity index (χ3v) is 2.91. The van der Waals surface area contributed by atoms with Crippen LogP contribution in [-0.2, 0) is 6.54 Å². The number of halogens is 1. The molecule has 0 spiro atoms. The lowest BCUT2D eigenvalue weighted by molar-refractivity contribution is 0.0694. The Morgan fingerprint density at radius 2 is 2.37 bits per heavy atom. The summed E-state index contributed by atoms with van der Waals surface area (Å²) in [5.41, 5.74) is 1.05. The van der Waals surface area contributed by atoms with Crippen LogP contribution < -0.4 is 5.32 Å². The van der Waals surface area contributed by atoms with E-state index in [0.29, 0.717) is 11.3 Å². The number of nitrogens with one attached hydrogen (secondary N) is 1. The molecular formula is C12H8BrN3O3. The predicted molar refractivity (Wildman–Crippen MR) is 69.6 cm³/mol. The topological polar surface area (TPSA) is 99.2 Å². The second-order valence-corrected chi connectivity index (χ2v) is 4.54. The summed E-state index contributed by atoms with van der Waals surface area (Å²) in [7, 11) is 0. The second-order valence-electron chi connectivity index (χ2n) is 3.62. The monoisotopic (exact) mass is 321 g/mol. The first-order chi connectivity index (χ1) is 9.11. The number of hydrogen-bond acceptors (Lipinski definition) is 5. The van der Waals surface area contributed by atoms with Crippen LogP contribution in [0.1, 0.15) is 21.7 Å². The first kappa shape index (κ1) is 13.1. The molecule has 0 aliphatic heterocycles. The average Bonchev–Trinajstić information content (AvgIpc) is 2.85. The van der Waals surface area contributed by atoms with Gasteiger partial charge in [-0.3, -0.25) is 0 Å². The first-order valence-corrected chi connectivity index (χ1v) is 6.01. The maximum atomic E-state index is 10.9. The number of carboxylic acids is 1. The van der Waals surface area contributed by atoms with E-state index in [1.807, 2.05) is 6.07 Å². The van der Waals surface area contributed by atoms with E-state index in [0.717, 1.165) is 10.7 Å². The van der Waals surface area contributed by atoms with Crippen molar-refractivity contribution in [3.05, 3.63) is 45.8 Å². The molecule has 2 N–H and O–H groups in total. The Morgan fingerprint density at radius 1 is 1.58 bits per heavy atom. The molecule has 0 aliphatic carbocycles. The fraction of sp³-hybridized carbons (Fsp3) is 0.0833. The van der Waals surface area contributed by atoms with Crippen LogP contribution in [0, 0.1) is 11.3 Å². The van der Waals surface area contributed by atoms with Crippen LogP contribution in [0.2, 0.25) is 0 Å². The van der Waals surface area contributed by atoms with E-state index >= 15 is 0 Å². The summed E-state index contributed by atoms with van der Waals surface area (Å²) in [6, 6.07) is 7.18. The summed E-state index contributed by atoms with van der Waals surface area (Å²) >= 11 is 3.30. The van der Waals surface area contributed by atoms with Gasteiger partial charge in [-0.2, -0.15) is 5.26 Å². The van der Waals surface area contributed by atoms with Crippen molar-refractivity contribution < 1.29 is 14.4 Å². The quantitative estimate of drug-likeness (QED) is 0.898. The Bertz CT molecular complexity index is 660. The number of hydrogen-bond donors (Lipinski definition) is 2. The number of aromatic carboxylic acids is 1. The van der Waals surface area contributed by atoms with E-state index in [-0.39, 0.29) is 17.9 Å². The molecule has 1 aromatic heterocycles. The van der Waals surface area contributed by atoms with E-state index in [1.54, 1.807) is 18.2 Å². The molecule has 0 bridgehead atoms. The van der Waals surface area contributed by atoms with E-state index in [1.165, 1.54) is 0 Å². The normalized spacial score (nSPS) is 9.89. The van der Waals surface area contributed by atoms with Crippen molar-refractivity contribution >= 4 is 27.6 Å². The highest BCUT2D eigenvalue weighted by Crippen LogP contribution is 2.22. The Kier molecular flexibility index (Phi) is 3.82. The summed E-state index contributed by atoms with van der Waals surface area (Å²) in [6.45, 7) is 0.132. The van der Waals surface area contributed by atoms with Gasteiger partial charge in [-0.05, 0) is 18.2 Å². The average molecular weight is 322 g/mol. The summed E-state index contributed by atoms with van der Waals surface area (Å²) in [5, 5.41) is 24.3. The van der Waals surface area contributed by atoms with Gasteiger partial charge in [0.15, 0.2) is 5.76 Å².